The number of rotatable bonds is 10. The van der Waals surface area contributed by atoms with Crippen LogP contribution in [0.25, 0.3) is 10.9 Å². The molecule has 2 fully saturated rings. The molecule has 1 saturated heterocycles. The fourth-order valence-electron chi connectivity index (χ4n) is 4.63. The number of aromatic amines is 1. The molecule has 4 amide bonds. The van der Waals surface area contributed by atoms with Crippen LogP contribution < -0.4 is 26.4 Å². The predicted octanol–water partition coefficient (Wildman–Crippen LogP) is 0.961. The molecule has 1 aliphatic heterocycles. The maximum absolute atomic E-state index is 13.2. The molecular formula is C24H31N5O5. The van der Waals surface area contributed by atoms with Crippen LogP contribution in [0.5, 0.6) is 5.75 Å². The van der Waals surface area contributed by atoms with Crippen LogP contribution >= 0.6 is 0 Å². The van der Waals surface area contributed by atoms with Crippen molar-refractivity contribution in [3.63, 3.8) is 0 Å². The van der Waals surface area contributed by atoms with Gasteiger partial charge in [0.25, 0.3) is 5.91 Å². The number of aromatic nitrogens is 1. The molecule has 1 aromatic heterocycles. The summed E-state index contributed by atoms with van der Waals surface area (Å²) in [5, 5.41) is 8.99. The van der Waals surface area contributed by atoms with Gasteiger partial charge in [0.15, 0.2) is 0 Å². The number of primary amides is 1. The minimum absolute atomic E-state index is 0.138. The summed E-state index contributed by atoms with van der Waals surface area (Å²) in [7, 11) is 1.56. The zero-order valence-corrected chi connectivity index (χ0v) is 19.2. The molecule has 0 bridgehead atoms. The molecule has 2 aliphatic rings. The van der Waals surface area contributed by atoms with Crippen molar-refractivity contribution in [1.29, 1.82) is 0 Å². The lowest BCUT2D eigenvalue weighted by atomic mass is 9.80. The van der Waals surface area contributed by atoms with Crippen LogP contribution in [0, 0.1) is 11.8 Å². The van der Waals surface area contributed by atoms with E-state index in [2.05, 4.69) is 20.9 Å². The van der Waals surface area contributed by atoms with Crippen molar-refractivity contribution in [3.05, 3.63) is 30.0 Å². The summed E-state index contributed by atoms with van der Waals surface area (Å²) in [6.45, 7) is 0.540. The first kappa shape index (κ1) is 23.6. The Bertz CT molecular complexity index is 1090. The average molecular weight is 470 g/mol. The van der Waals surface area contributed by atoms with E-state index in [0.717, 1.165) is 30.2 Å². The van der Waals surface area contributed by atoms with Gasteiger partial charge >= 0.3 is 0 Å². The standard InChI is InChI=1S/C24H31N5O5/c1-34-20-7-3-6-16-15(20)12-19(27-16)24(33)29-18(10-13-4-2-5-13)23(32)28-17(21(25)30)11-14-8-9-26-22(14)31/h3,6-7,12-14,17-18,27H,2,4-5,8-11H2,1H3,(H2,25,30)(H,26,31)(H,28,32)(H,29,33)/t14-,17-,18-/m0/s1. The summed E-state index contributed by atoms with van der Waals surface area (Å²) >= 11 is 0. The second-order valence-electron chi connectivity index (χ2n) is 9.14. The van der Waals surface area contributed by atoms with Gasteiger partial charge in [0.2, 0.25) is 17.7 Å². The van der Waals surface area contributed by atoms with Crippen LogP contribution in [0.3, 0.4) is 0 Å². The third-order valence-electron chi connectivity index (χ3n) is 6.85. The number of H-pyrrole nitrogens is 1. The van der Waals surface area contributed by atoms with Gasteiger partial charge in [-0.1, -0.05) is 25.3 Å². The average Bonchev–Trinajstić information content (AvgIpc) is 3.40. The molecule has 4 rings (SSSR count). The molecule has 182 valence electrons. The summed E-state index contributed by atoms with van der Waals surface area (Å²) < 4.78 is 5.35. The first-order valence-corrected chi connectivity index (χ1v) is 11.7. The Morgan fingerprint density at radius 3 is 2.56 bits per heavy atom. The Balaban J connectivity index is 1.48. The van der Waals surface area contributed by atoms with Crippen LogP contribution in [0.1, 0.15) is 49.0 Å². The number of hydrogen-bond donors (Lipinski definition) is 5. The predicted molar refractivity (Wildman–Crippen MR) is 125 cm³/mol. The quantitative estimate of drug-likeness (QED) is 0.350. The van der Waals surface area contributed by atoms with E-state index in [-0.39, 0.29) is 18.2 Å². The molecule has 10 heteroatoms. The summed E-state index contributed by atoms with van der Waals surface area (Å²) in [6.07, 6.45) is 4.27. The summed E-state index contributed by atoms with van der Waals surface area (Å²) in [6, 6.07) is 5.33. The minimum atomic E-state index is -0.987. The highest BCUT2D eigenvalue weighted by Gasteiger charge is 2.34. The third-order valence-corrected chi connectivity index (χ3v) is 6.85. The number of amides is 4. The molecule has 2 heterocycles. The number of carbonyl (C=O) groups is 4. The van der Waals surface area contributed by atoms with Gasteiger partial charge in [-0.05, 0) is 43.4 Å². The topological polar surface area (TPSA) is 155 Å². The number of carbonyl (C=O) groups excluding carboxylic acids is 4. The van der Waals surface area contributed by atoms with Gasteiger partial charge in [-0.15, -0.1) is 0 Å². The molecule has 3 atom stereocenters. The van der Waals surface area contributed by atoms with Gasteiger partial charge in [0.1, 0.15) is 23.5 Å². The van der Waals surface area contributed by atoms with E-state index in [0.29, 0.717) is 36.7 Å². The molecule has 0 radical (unpaired) electrons. The van der Waals surface area contributed by atoms with Crippen LogP contribution in [-0.4, -0.2) is 54.4 Å². The Labute approximate surface area is 197 Å². The smallest absolute Gasteiger partial charge is 0.268 e. The second-order valence-corrected chi connectivity index (χ2v) is 9.14. The summed E-state index contributed by atoms with van der Waals surface area (Å²) in [5.41, 5.74) is 6.57. The van der Waals surface area contributed by atoms with E-state index in [4.69, 9.17) is 10.5 Å². The number of nitrogens with two attached hydrogens (primary N) is 1. The van der Waals surface area contributed by atoms with Crippen molar-refractivity contribution in [1.82, 2.24) is 20.9 Å². The van der Waals surface area contributed by atoms with E-state index in [9.17, 15) is 19.2 Å². The monoisotopic (exact) mass is 469 g/mol. The fourth-order valence-corrected chi connectivity index (χ4v) is 4.63. The highest BCUT2D eigenvalue weighted by atomic mass is 16.5. The van der Waals surface area contributed by atoms with Crippen LogP contribution in [0.15, 0.2) is 24.3 Å². The van der Waals surface area contributed by atoms with E-state index >= 15 is 0 Å². The summed E-state index contributed by atoms with van der Waals surface area (Å²) in [5.74, 6) is -1.17. The van der Waals surface area contributed by atoms with Crippen molar-refractivity contribution in [3.8, 4) is 5.75 Å². The third kappa shape index (κ3) is 5.16. The molecule has 10 nitrogen and oxygen atoms in total. The normalized spacial score (nSPS) is 19.7. The molecule has 2 aromatic rings. The molecule has 0 unspecified atom stereocenters. The van der Waals surface area contributed by atoms with E-state index < -0.39 is 29.8 Å². The van der Waals surface area contributed by atoms with E-state index in [1.807, 2.05) is 12.1 Å². The summed E-state index contributed by atoms with van der Waals surface area (Å²) in [4.78, 5) is 53.2. The maximum atomic E-state index is 13.2. The van der Waals surface area contributed by atoms with Crippen molar-refractivity contribution < 1.29 is 23.9 Å². The van der Waals surface area contributed by atoms with E-state index in [1.165, 1.54) is 0 Å². The largest absolute Gasteiger partial charge is 0.496 e. The van der Waals surface area contributed by atoms with Crippen molar-refractivity contribution in [2.45, 2.75) is 50.6 Å². The van der Waals surface area contributed by atoms with Crippen LogP contribution in [0.4, 0.5) is 0 Å². The fraction of sp³-hybridized carbons (Fsp3) is 0.500. The first-order chi connectivity index (χ1) is 16.4. The van der Waals surface area contributed by atoms with Gasteiger partial charge in [0.05, 0.1) is 7.11 Å². The van der Waals surface area contributed by atoms with Crippen LogP contribution in [0.2, 0.25) is 0 Å². The zero-order valence-electron chi connectivity index (χ0n) is 19.2. The minimum Gasteiger partial charge on any atom is -0.496 e. The van der Waals surface area contributed by atoms with Gasteiger partial charge < -0.3 is 31.4 Å². The van der Waals surface area contributed by atoms with Crippen molar-refractivity contribution in [2.75, 3.05) is 13.7 Å². The Morgan fingerprint density at radius 2 is 1.94 bits per heavy atom. The Hall–Kier alpha value is -3.56. The first-order valence-electron chi connectivity index (χ1n) is 11.7. The molecule has 0 spiro atoms. The van der Waals surface area contributed by atoms with Crippen molar-refractivity contribution >= 4 is 34.5 Å². The molecule has 6 N–H and O–H groups in total. The van der Waals surface area contributed by atoms with Gasteiger partial charge in [-0.2, -0.15) is 0 Å². The lowest BCUT2D eigenvalue weighted by molar-refractivity contribution is -0.130. The molecule has 34 heavy (non-hydrogen) atoms. The van der Waals surface area contributed by atoms with E-state index in [1.54, 1.807) is 19.2 Å². The Kier molecular flexibility index (Phi) is 7.04. The van der Waals surface area contributed by atoms with Gasteiger partial charge in [-0.3, -0.25) is 19.2 Å². The number of hydrogen-bond acceptors (Lipinski definition) is 5. The van der Waals surface area contributed by atoms with Crippen LogP contribution in [-0.2, 0) is 14.4 Å². The number of ether oxygens (including phenoxy) is 1. The van der Waals surface area contributed by atoms with Gasteiger partial charge in [0, 0.05) is 23.4 Å². The van der Waals surface area contributed by atoms with Crippen molar-refractivity contribution in [2.24, 2.45) is 17.6 Å². The zero-order chi connectivity index (χ0) is 24.2. The second kappa shape index (κ2) is 10.1. The lowest BCUT2D eigenvalue weighted by Gasteiger charge is -2.30. The van der Waals surface area contributed by atoms with Gasteiger partial charge in [-0.25, -0.2) is 0 Å². The number of methoxy groups -OCH3 is 1. The highest BCUT2D eigenvalue weighted by molar-refractivity contribution is 6.01. The Morgan fingerprint density at radius 1 is 1.15 bits per heavy atom. The molecule has 1 aliphatic carbocycles. The SMILES string of the molecule is COc1cccc2[nH]c(C(=O)N[C@@H](CC3CCC3)C(=O)N[C@@H](C[C@@H]3CCNC3=O)C(N)=O)cc12. The number of nitrogens with one attached hydrogen (secondary N) is 4. The highest BCUT2D eigenvalue weighted by Crippen LogP contribution is 2.31. The lowest BCUT2D eigenvalue weighted by Crippen LogP contribution is -2.54. The molecular weight excluding hydrogens is 438 g/mol. The molecule has 1 saturated carbocycles. The maximum Gasteiger partial charge on any atom is 0.268 e. The molecule has 1 aromatic carbocycles. The number of fused-ring (bicyclic) bond motifs is 1. The number of benzene rings is 1.